The molecule has 10 heteroatoms. The number of ether oxygens (including phenoxy) is 2. The third kappa shape index (κ3) is 4.44. The summed E-state index contributed by atoms with van der Waals surface area (Å²) in [7, 11) is 1.80. The number of aliphatic hydroxyl groups excluding tert-OH is 1. The predicted octanol–water partition coefficient (Wildman–Crippen LogP) is 3.08. The van der Waals surface area contributed by atoms with Gasteiger partial charge in [-0.3, -0.25) is 0 Å². The summed E-state index contributed by atoms with van der Waals surface area (Å²) in [6.45, 7) is 2.88. The predicted molar refractivity (Wildman–Crippen MR) is 125 cm³/mol. The zero-order chi connectivity index (χ0) is 22.8. The second kappa shape index (κ2) is 9.24. The number of hydrogen-bond donors (Lipinski definition) is 3. The third-order valence-electron chi connectivity index (χ3n) is 6.10. The van der Waals surface area contributed by atoms with Gasteiger partial charge in [0.2, 0.25) is 0 Å². The van der Waals surface area contributed by atoms with Gasteiger partial charge in [-0.1, -0.05) is 0 Å². The highest BCUT2D eigenvalue weighted by molar-refractivity contribution is 5.93. The van der Waals surface area contributed by atoms with Gasteiger partial charge in [0.25, 0.3) is 0 Å². The fourth-order valence-electron chi connectivity index (χ4n) is 4.06. The zero-order valence-corrected chi connectivity index (χ0v) is 18.6. The van der Waals surface area contributed by atoms with Crippen molar-refractivity contribution < 1.29 is 19.4 Å². The Morgan fingerprint density at radius 1 is 1.24 bits per heavy atom. The van der Waals surface area contributed by atoms with Gasteiger partial charge >= 0.3 is 6.09 Å². The number of anilines is 4. The van der Waals surface area contributed by atoms with E-state index in [-0.39, 0.29) is 12.7 Å². The highest BCUT2D eigenvalue weighted by atomic mass is 16.6. The highest BCUT2D eigenvalue weighted by Gasteiger charge is 2.24. The van der Waals surface area contributed by atoms with Crippen molar-refractivity contribution in [3.63, 3.8) is 0 Å². The van der Waals surface area contributed by atoms with Crippen molar-refractivity contribution in [3.8, 4) is 0 Å². The Hall–Kier alpha value is -3.37. The van der Waals surface area contributed by atoms with Gasteiger partial charge in [-0.25, -0.2) is 19.3 Å². The molecule has 1 aliphatic carbocycles. The van der Waals surface area contributed by atoms with E-state index in [1.54, 1.807) is 7.05 Å². The van der Waals surface area contributed by atoms with E-state index in [0.717, 1.165) is 55.0 Å². The molecule has 2 aliphatic rings. The molecule has 0 spiro atoms. The number of morpholine rings is 1. The highest BCUT2D eigenvalue weighted by Crippen LogP contribution is 2.30. The van der Waals surface area contributed by atoms with Gasteiger partial charge in [-0.15, -0.1) is 0 Å². The Bertz CT molecular complexity index is 1150. The van der Waals surface area contributed by atoms with E-state index in [1.165, 1.54) is 10.9 Å². The Labute approximate surface area is 191 Å². The number of pyridine rings is 1. The van der Waals surface area contributed by atoms with Crippen LogP contribution in [0.25, 0.3) is 11.2 Å². The average Bonchev–Trinajstić information content (AvgIpc) is 3.25. The number of fused-ring (bicyclic) bond motifs is 1. The quantitative estimate of drug-likeness (QED) is 0.519. The lowest BCUT2D eigenvalue weighted by Gasteiger charge is -2.29. The number of benzene rings is 1. The van der Waals surface area contributed by atoms with Gasteiger partial charge < -0.3 is 30.1 Å². The van der Waals surface area contributed by atoms with Gasteiger partial charge in [0, 0.05) is 37.6 Å². The van der Waals surface area contributed by atoms with E-state index in [9.17, 15) is 9.90 Å². The van der Waals surface area contributed by atoms with E-state index in [0.29, 0.717) is 30.2 Å². The number of carbonyl (C=O) groups excluding carboxylic acids is 1. The number of aromatic nitrogens is 3. The van der Waals surface area contributed by atoms with Crippen LogP contribution in [-0.4, -0.2) is 65.2 Å². The summed E-state index contributed by atoms with van der Waals surface area (Å²) < 4.78 is 12.4. The summed E-state index contributed by atoms with van der Waals surface area (Å²) in [5.41, 5.74) is 4.35. The SMILES string of the molecule is CNc1cc(Nc2cc(CO)cc(N3CCOCC3)c2)nc2c1ncn2C(=O)OC1CCC1. The fraction of sp³-hybridized carbons (Fsp3) is 0.435. The number of imidazole rings is 1. The molecule has 3 aromatic rings. The molecule has 3 heterocycles. The van der Waals surface area contributed by atoms with Gasteiger partial charge in [-0.05, 0) is 43.0 Å². The molecular weight excluding hydrogens is 424 g/mol. The molecular formula is C23H28N6O4. The van der Waals surface area contributed by atoms with Crippen molar-refractivity contribution >= 4 is 40.1 Å². The number of nitrogens with one attached hydrogen (secondary N) is 2. The van der Waals surface area contributed by atoms with E-state index in [4.69, 9.17) is 9.47 Å². The van der Waals surface area contributed by atoms with Crippen molar-refractivity contribution in [2.45, 2.75) is 32.0 Å². The molecule has 10 nitrogen and oxygen atoms in total. The molecule has 0 unspecified atom stereocenters. The summed E-state index contributed by atoms with van der Waals surface area (Å²) in [6.07, 6.45) is 3.83. The summed E-state index contributed by atoms with van der Waals surface area (Å²) in [6, 6.07) is 7.74. The molecule has 2 fully saturated rings. The first-order chi connectivity index (χ1) is 16.1. The minimum Gasteiger partial charge on any atom is -0.446 e. The van der Waals surface area contributed by atoms with Crippen molar-refractivity contribution in [3.05, 3.63) is 36.2 Å². The second-order valence-electron chi connectivity index (χ2n) is 8.30. The first-order valence-corrected chi connectivity index (χ1v) is 11.3. The Balaban J connectivity index is 1.46. The molecule has 1 saturated carbocycles. The number of nitrogens with zero attached hydrogens (tertiary/aromatic N) is 4. The lowest BCUT2D eigenvalue weighted by Crippen LogP contribution is -2.36. The summed E-state index contributed by atoms with van der Waals surface area (Å²) in [5, 5.41) is 16.2. The largest absolute Gasteiger partial charge is 0.446 e. The smallest absolute Gasteiger partial charge is 0.421 e. The van der Waals surface area contributed by atoms with E-state index in [2.05, 4.69) is 25.5 Å². The molecule has 174 valence electrons. The van der Waals surface area contributed by atoms with Crippen LogP contribution in [0.1, 0.15) is 24.8 Å². The molecule has 0 bridgehead atoms. The van der Waals surface area contributed by atoms with Gasteiger partial charge in [0.1, 0.15) is 23.8 Å². The van der Waals surface area contributed by atoms with Crippen molar-refractivity contribution in [1.82, 2.24) is 14.5 Å². The van der Waals surface area contributed by atoms with Gasteiger partial charge in [0.15, 0.2) is 5.65 Å². The van der Waals surface area contributed by atoms with Crippen LogP contribution >= 0.6 is 0 Å². The van der Waals surface area contributed by atoms with E-state index < -0.39 is 6.09 Å². The molecule has 33 heavy (non-hydrogen) atoms. The molecule has 5 rings (SSSR count). The van der Waals surface area contributed by atoms with Gasteiger partial charge in [0.05, 0.1) is 25.5 Å². The maximum Gasteiger partial charge on any atom is 0.421 e. The molecule has 0 radical (unpaired) electrons. The summed E-state index contributed by atoms with van der Waals surface area (Å²) in [5.74, 6) is 0.549. The van der Waals surface area contributed by atoms with Crippen molar-refractivity contribution in [2.75, 3.05) is 48.9 Å². The first kappa shape index (κ1) is 21.5. The van der Waals surface area contributed by atoms with Crippen LogP contribution in [-0.2, 0) is 16.1 Å². The topological polar surface area (TPSA) is 114 Å². The van der Waals surface area contributed by atoms with Crippen LogP contribution in [0.15, 0.2) is 30.6 Å². The van der Waals surface area contributed by atoms with Crippen LogP contribution in [0.2, 0.25) is 0 Å². The third-order valence-corrected chi connectivity index (χ3v) is 6.10. The summed E-state index contributed by atoms with van der Waals surface area (Å²) in [4.78, 5) is 23.9. The van der Waals surface area contributed by atoms with E-state index >= 15 is 0 Å². The van der Waals surface area contributed by atoms with Gasteiger partial charge in [-0.2, -0.15) is 0 Å². The van der Waals surface area contributed by atoms with Crippen molar-refractivity contribution in [1.29, 1.82) is 0 Å². The molecule has 1 saturated heterocycles. The fourth-order valence-corrected chi connectivity index (χ4v) is 4.06. The molecule has 1 aliphatic heterocycles. The summed E-state index contributed by atoms with van der Waals surface area (Å²) >= 11 is 0. The second-order valence-corrected chi connectivity index (χ2v) is 8.30. The number of hydrogen-bond acceptors (Lipinski definition) is 9. The lowest BCUT2D eigenvalue weighted by molar-refractivity contribution is 0.0539. The van der Waals surface area contributed by atoms with Crippen LogP contribution in [0.5, 0.6) is 0 Å². The normalized spacial score (nSPS) is 16.5. The molecule has 2 aromatic heterocycles. The van der Waals surface area contributed by atoms with Crippen LogP contribution in [0, 0.1) is 0 Å². The molecule has 3 N–H and O–H groups in total. The average molecular weight is 453 g/mol. The minimum absolute atomic E-state index is 0.0279. The molecule has 0 amide bonds. The van der Waals surface area contributed by atoms with Crippen molar-refractivity contribution in [2.24, 2.45) is 0 Å². The zero-order valence-electron chi connectivity index (χ0n) is 18.6. The van der Waals surface area contributed by atoms with E-state index in [1.807, 2.05) is 24.3 Å². The standard InChI is InChI=1S/C23H28N6O4/c1-24-19-12-20(27-22-21(19)25-14-29(22)23(31)33-18-3-2-4-18)26-16-9-15(13-30)10-17(11-16)28-5-7-32-8-6-28/h9-12,14,18,30H,2-8,13H2,1H3,(H2,24,26,27). The maximum atomic E-state index is 12.7. The first-order valence-electron chi connectivity index (χ1n) is 11.3. The monoisotopic (exact) mass is 452 g/mol. The maximum absolute atomic E-state index is 12.7. The Kier molecular flexibility index (Phi) is 6.01. The number of aliphatic hydroxyl groups is 1. The Morgan fingerprint density at radius 2 is 2.06 bits per heavy atom. The lowest BCUT2D eigenvalue weighted by atomic mass is 9.96. The molecule has 0 atom stereocenters. The molecule has 1 aromatic carbocycles. The van der Waals surface area contributed by atoms with Crippen LogP contribution in [0.3, 0.4) is 0 Å². The Morgan fingerprint density at radius 3 is 2.76 bits per heavy atom. The minimum atomic E-state index is -0.467. The van der Waals surface area contributed by atoms with Crippen LogP contribution < -0.4 is 15.5 Å². The number of carbonyl (C=O) groups is 1. The number of rotatable bonds is 6. The van der Waals surface area contributed by atoms with Crippen LogP contribution in [0.4, 0.5) is 27.7 Å².